The molecule has 4 nitrogen and oxygen atoms in total. The molecule has 1 heterocycles. The van der Waals surface area contributed by atoms with Crippen LogP contribution in [-0.2, 0) is 6.42 Å². The molecule has 26 heavy (non-hydrogen) atoms. The zero-order chi connectivity index (χ0) is 18.4. The van der Waals surface area contributed by atoms with Gasteiger partial charge in [-0.05, 0) is 36.2 Å². The summed E-state index contributed by atoms with van der Waals surface area (Å²) in [6.45, 7) is 0.742. The lowest BCUT2D eigenvalue weighted by Gasteiger charge is -2.08. The molecule has 3 aromatic rings. The molecule has 132 valence electrons. The molecule has 0 radical (unpaired) electrons. The Balaban J connectivity index is 1.54. The zero-order valence-corrected chi connectivity index (χ0v) is 13.9. The van der Waals surface area contributed by atoms with Crippen LogP contribution in [-0.4, -0.2) is 17.4 Å². The van der Waals surface area contributed by atoms with Crippen LogP contribution in [0.1, 0.15) is 16.1 Å². The molecule has 0 aliphatic heterocycles. The van der Waals surface area contributed by atoms with Gasteiger partial charge in [-0.3, -0.25) is 4.79 Å². The number of benzene rings is 2. The topological polar surface area (TPSA) is 54.0 Å². The van der Waals surface area contributed by atoms with Gasteiger partial charge < -0.3 is 10.6 Å². The number of nitrogens with zero attached hydrogens (tertiary/aromatic N) is 1. The molecule has 2 aromatic carbocycles. The van der Waals surface area contributed by atoms with Crippen molar-refractivity contribution in [2.45, 2.75) is 6.42 Å². The van der Waals surface area contributed by atoms with E-state index in [4.69, 9.17) is 0 Å². The molecule has 0 aliphatic carbocycles. The van der Waals surface area contributed by atoms with Crippen molar-refractivity contribution in [1.29, 1.82) is 0 Å². The van der Waals surface area contributed by atoms with Gasteiger partial charge in [0.1, 0.15) is 5.69 Å². The summed E-state index contributed by atoms with van der Waals surface area (Å²) in [4.78, 5) is 16.2. The van der Waals surface area contributed by atoms with Gasteiger partial charge in [-0.25, -0.2) is 13.8 Å². The highest BCUT2D eigenvalue weighted by atomic mass is 19.2. The van der Waals surface area contributed by atoms with Gasteiger partial charge in [0.15, 0.2) is 11.6 Å². The van der Waals surface area contributed by atoms with Crippen molar-refractivity contribution < 1.29 is 13.6 Å². The Morgan fingerprint density at radius 2 is 1.69 bits per heavy atom. The van der Waals surface area contributed by atoms with E-state index in [1.807, 2.05) is 18.2 Å². The molecular formula is C20H17F2N3O. The Hall–Kier alpha value is -3.28. The summed E-state index contributed by atoms with van der Waals surface area (Å²) in [5, 5.41) is 5.72. The van der Waals surface area contributed by atoms with Crippen LogP contribution in [0.15, 0.2) is 66.9 Å². The number of halogens is 2. The van der Waals surface area contributed by atoms with Gasteiger partial charge in [0.25, 0.3) is 5.91 Å². The van der Waals surface area contributed by atoms with E-state index in [2.05, 4.69) is 27.8 Å². The number of amides is 1. The number of pyridine rings is 1. The van der Waals surface area contributed by atoms with E-state index < -0.39 is 17.5 Å². The highest BCUT2D eigenvalue weighted by Crippen LogP contribution is 2.14. The second-order valence-electron chi connectivity index (χ2n) is 5.68. The average molecular weight is 353 g/mol. The van der Waals surface area contributed by atoms with E-state index in [0.717, 1.165) is 30.8 Å². The number of nitrogens with one attached hydrogen (secondary N) is 2. The third-order valence-corrected chi connectivity index (χ3v) is 3.76. The lowest BCUT2D eigenvalue weighted by molar-refractivity contribution is 0.102. The van der Waals surface area contributed by atoms with E-state index >= 15 is 0 Å². The molecular weight excluding hydrogens is 336 g/mol. The van der Waals surface area contributed by atoms with Crippen molar-refractivity contribution in [2.24, 2.45) is 0 Å². The van der Waals surface area contributed by atoms with Gasteiger partial charge in [0.05, 0.1) is 11.9 Å². The zero-order valence-electron chi connectivity index (χ0n) is 13.9. The highest BCUT2D eigenvalue weighted by Gasteiger charge is 2.09. The Labute approximate surface area is 149 Å². The maximum absolute atomic E-state index is 13.2. The molecule has 1 amide bonds. The van der Waals surface area contributed by atoms with E-state index in [-0.39, 0.29) is 11.4 Å². The SMILES string of the molecule is O=C(Nc1ccc(F)c(F)c1)c1ccc(NCCc2ccccc2)cn1. The molecule has 0 atom stereocenters. The molecule has 0 spiro atoms. The summed E-state index contributed by atoms with van der Waals surface area (Å²) in [6, 6.07) is 16.6. The van der Waals surface area contributed by atoms with Gasteiger partial charge >= 0.3 is 0 Å². The van der Waals surface area contributed by atoms with Gasteiger partial charge in [0, 0.05) is 18.3 Å². The third-order valence-electron chi connectivity index (χ3n) is 3.76. The summed E-state index contributed by atoms with van der Waals surface area (Å²) in [5.74, 6) is -2.48. The van der Waals surface area contributed by atoms with Gasteiger partial charge in [-0.2, -0.15) is 0 Å². The standard InChI is InChI=1S/C20H17F2N3O/c21-17-8-6-15(12-18(17)22)25-20(26)19-9-7-16(13-24-19)23-11-10-14-4-2-1-3-5-14/h1-9,12-13,23H,10-11H2,(H,25,26). The number of anilines is 2. The third kappa shape index (κ3) is 4.63. The van der Waals surface area contributed by atoms with Crippen LogP contribution >= 0.6 is 0 Å². The minimum absolute atomic E-state index is 0.167. The number of aromatic nitrogens is 1. The number of carbonyl (C=O) groups is 1. The largest absolute Gasteiger partial charge is 0.383 e. The summed E-state index contributed by atoms with van der Waals surface area (Å²) in [5.41, 5.74) is 2.38. The molecule has 3 rings (SSSR count). The van der Waals surface area contributed by atoms with E-state index in [0.29, 0.717) is 0 Å². The fraction of sp³-hybridized carbons (Fsp3) is 0.100. The van der Waals surface area contributed by atoms with Crippen molar-refractivity contribution in [3.63, 3.8) is 0 Å². The van der Waals surface area contributed by atoms with Crippen molar-refractivity contribution in [3.05, 3.63) is 89.8 Å². The summed E-state index contributed by atoms with van der Waals surface area (Å²) >= 11 is 0. The second kappa shape index (κ2) is 8.20. The van der Waals surface area contributed by atoms with Gasteiger partial charge in [-0.1, -0.05) is 30.3 Å². The minimum Gasteiger partial charge on any atom is -0.383 e. The Morgan fingerprint density at radius 1 is 0.923 bits per heavy atom. The van der Waals surface area contributed by atoms with Crippen LogP contribution in [0, 0.1) is 11.6 Å². The summed E-state index contributed by atoms with van der Waals surface area (Å²) in [7, 11) is 0. The Bertz CT molecular complexity index is 883. The van der Waals surface area contributed by atoms with E-state index in [1.54, 1.807) is 18.3 Å². The second-order valence-corrected chi connectivity index (χ2v) is 5.68. The first kappa shape index (κ1) is 17.5. The minimum atomic E-state index is -1.02. The number of hydrogen-bond acceptors (Lipinski definition) is 3. The molecule has 0 aliphatic rings. The van der Waals surface area contributed by atoms with Gasteiger partial charge in [-0.15, -0.1) is 0 Å². The summed E-state index contributed by atoms with van der Waals surface area (Å²) < 4.78 is 26.1. The van der Waals surface area contributed by atoms with Crippen molar-refractivity contribution in [1.82, 2.24) is 4.98 Å². The van der Waals surface area contributed by atoms with Crippen LogP contribution < -0.4 is 10.6 Å². The molecule has 0 bridgehead atoms. The van der Waals surface area contributed by atoms with E-state index in [1.165, 1.54) is 11.6 Å². The maximum atomic E-state index is 13.2. The predicted octanol–water partition coefficient (Wildman–Crippen LogP) is 4.27. The molecule has 6 heteroatoms. The fourth-order valence-electron chi connectivity index (χ4n) is 2.40. The van der Waals surface area contributed by atoms with Crippen LogP contribution in [0.3, 0.4) is 0 Å². The van der Waals surface area contributed by atoms with Crippen molar-refractivity contribution >= 4 is 17.3 Å². The number of carbonyl (C=O) groups excluding carboxylic acids is 1. The molecule has 1 aromatic heterocycles. The first-order chi connectivity index (χ1) is 12.6. The monoisotopic (exact) mass is 353 g/mol. The highest BCUT2D eigenvalue weighted by molar-refractivity contribution is 6.02. The molecule has 0 saturated carbocycles. The Kier molecular flexibility index (Phi) is 5.53. The first-order valence-corrected chi connectivity index (χ1v) is 8.12. The van der Waals surface area contributed by atoms with Crippen LogP contribution in [0.2, 0.25) is 0 Å². The quantitative estimate of drug-likeness (QED) is 0.696. The smallest absolute Gasteiger partial charge is 0.274 e. The van der Waals surface area contributed by atoms with Crippen LogP contribution in [0.25, 0.3) is 0 Å². The lowest BCUT2D eigenvalue weighted by Crippen LogP contribution is -2.14. The molecule has 0 saturated heterocycles. The number of hydrogen-bond donors (Lipinski definition) is 2. The number of rotatable bonds is 6. The lowest BCUT2D eigenvalue weighted by atomic mass is 10.1. The average Bonchev–Trinajstić information content (AvgIpc) is 2.66. The molecule has 0 fully saturated rings. The predicted molar refractivity (Wildman–Crippen MR) is 97.2 cm³/mol. The van der Waals surface area contributed by atoms with E-state index in [9.17, 15) is 13.6 Å². The summed E-state index contributed by atoms with van der Waals surface area (Å²) in [6.07, 6.45) is 2.43. The van der Waals surface area contributed by atoms with Crippen LogP contribution in [0.5, 0.6) is 0 Å². The van der Waals surface area contributed by atoms with Gasteiger partial charge in [0.2, 0.25) is 0 Å². The normalized spacial score (nSPS) is 10.4. The van der Waals surface area contributed by atoms with Crippen molar-refractivity contribution in [3.8, 4) is 0 Å². The molecule has 0 unspecified atom stereocenters. The van der Waals surface area contributed by atoms with Crippen molar-refractivity contribution in [2.75, 3.05) is 17.2 Å². The first-order valence-electron chi connectivity index (χ1n) is 8.12. The Morgan fingerprint density at radius 3 is 2.38 bits per heavy atom. The van der Waals surface area contributed by atoms with Crippen LogP contribution in [0.4, 0.5) is 20.2 Å². The maximum Gasteiger partial charge on any atom is 0.274 e. The fourth-order valence-corrected chi connectivity index (χ4v) is 2.40. The molecule has 2 N–H and O–H groups in total.